The molecule has 0 bridgehead atoms. The second-order valence-electron chi connectivity index (χ2n) is 8.06. The first-order chi connectivity index (χ1) is 14.4. The highest BCUT2D eigenvalue weighted by molar-refractivity contribution is 7.91. The zero-order chi connectivity index (χ0) is 21.1. The first kappa shape index (κ1) is 20.7. The number of carbonyl (C=O) groups excluding carboxylic acids is 1. The molecule has 1 amide bonds. The van der Waals surface area contributed by atoms with Crippen LogP contribution < -0.4 is 9.47 Å². The van der Waals surface area contributed by atoms with E-state index in [0.717, 1.165) is 18.4 Å². The minimum Gasteiger partial charge on any atom is -0.486 e. The van der Waals surface area contributed by atoms with Crippen LogP contribution in [0.1, 0.15) is 30.9 Å². The van der Waals surface area contributed by atoms with Crippen molar-refractivity contribution >= 4 is 15.7 Å². The normalized spacial score (nSPS) is 16.7. The molecule has 7 heteroatoms. The standard InChI is InChI=1S/C23H27NO5S/c1-17(19-10-11-19)24(14-18-6-3-2-4-7-18)22(25)16-30(26,27)15-20-8-5-9-21-23(20)29-13-12-28-21/h2-9,17,19H,10-16H2,1H3. The maximum Gasteiger partial charge on any atom is 0.238 e. The van der Waals surface area contributed by atoms with Crippen molar-refractivity contribution in [2.75, 3.05) is 19.0 Å². The summed E-state index contributed by atoms with van der Waals surface area (Å²) in [4.78, 5) is 14.8. The third kappa shape index (κ3) is 4.95. The number of fused-ring (bicyclic) bond motifs is 1. The Morgan fingerprint density at radius 3 is 2.53 bits per heavy atom. The highest BCUT2D eigenvalue weighted by Crippen LogP contribution is 2.36. The number of hydrogen-bond acceptors (Lipinski definition) is 5. The van der Waals surface area contributed by atoms with E-state index < -0.39 is 15.6 Å². The van der Waals surface area contributed by atoms with Gasteiger partial charge in [0.2, 0.25) is 5.91 Å². The quantitative estimate of drug-likeness (QED) is 0.644. The minimum absolute atomic E-state index is 0.0223. The molecule has 1 fully saturated rings. The van der Waals surface area contributed by atoms with E-state index in [1.54, 1.807) is 23.1 Å². The number of nitrogens with zero attached hydrogens (tertiary/aromatic N) is 1. The Morgan fingerprint density at radius 2 is 1.80 bits per heavy atom. The number of rotatable bonds is 8. The van der Waals surface area contributed by atoms with E-state index >= 15 is 0 Å². The molecule has 1 atom stereocenters. The Kier molecular flexibility index (Phi) is 5.99. The van der Waals surface area contributed by atoms with Crippen molar-refractivity contribution in [3.8, 4) is 11.5 Å². The van der Waals surface area contributed by atoms with Crippen molar-refractivity contribution in [1.29, 1.82) is 0 Å². The molecule has 2 aromatic rings. The fourth-order valence-corrected chi connectivity index (χ4v) is 5.22. The Balaban J connectivity index is 1.50. The highest BCUT2D eigenvalue weighted by Gasteiger charge is 2.35. The van der Waals surface area contributed by atoms with E-state index in [-0.39, 0.29) is 17.7 Å². The number of ether oxygens (including phenoxy) is 2. The van der Waals surface area contributed by atoms with Crippen LogP contribution in [0.3, 0.4) is 0 Å². The lowest BCUT2D eigenvalue weighted by Gasteiger charge is -2.30. The lowest BCUT2D eigenvalue weighted by Crippen LogP contribution is -2.42. The van der Waals surface area contributed by atoms with Gasteiger partial charge in [0, 0.05) is 18.2 Å². The van der Waals surface area contributed by atoms with Gasteiger partial charge in [0.25, 0.3) is 0 Å². The van der Waals surface area contributed by atoms with Gasteiger partial charge in [-0.3, -0.25) is 4.79 Å². The number of amides is 1. The van der Waals surface area contributed by atoms with Gasteiger partial charge < -0.3 is 14.4 Å². The van der Waals surface area contributed by atoms with Crippen molar-refractivity contribution in [2.24, 2.45) is 5.92 Å². The van der Waals surface area contributed by atoms with Crippen molar-refractivity contribution in [2.45, 2.75) is 38.1 Å². The summed E-state index contributed by atoms with van der Waals surface area (Å²) in [5.74, 6) is 0.358. The van der Waals surface area contributed by atoms with Crippen LogP contribution in [0.15, 0.2) is 48.5 Å². The molecule has 6 nitrogen and oxygen atoms in total. The topological polar surface area (TPSA) is 72.9 Å². The molecule has 0 aromatic heterocycles. The van der Waals surface area contributed by atoms with Crippen LogP contribution in [0.2, 0.25) is 0 Å². The maximum absolute atomic E-state index is 13.1. The fraction of sp³-hybridized carbons (Fsp3) is 0.435. The van der Waals surface area contributed by atoms with Crippen LogP contribution in [0.5, 0.6) is 11.5 Å². The molecule has 30 heavy (non-hydrogen) atoms. The summed E-state index contributed by atoms with van der Waals surface area (Å²) in [6, 6.07) is 14.9. The molecule has 1 saturated carbocycles. The molecule has 0 saturated heterocycles. The van der Waals surface area contributed by atoms with Crippen LogP contribution in [0.25, 0.3) is 0 Å². The summed E-state index contributed by atoms with van der Waals surface area (Å²) in [5, 5.41) is 0. The third-order valence-corrected chi connectivity index (χ3v) is 7.12. The SMILES string of the molecule is CC(C1CC1)N(Cc1ccccc1)C(=O)CS(=O)(=O)Cc1cccc2c1OCCO2. The van der Waals surface area contributed by atoms with Gasteiger partial charge in [-0.25, -0.2) is 8.42 Å². The Bertz CT molecular complexity index is 1000. The lowest BCUT2D eigenvalue weighted by atomic mass is 10.1. The Hall–Kier alpha value is -2.54. The van der Waals surface area contributed by atoms with Crippen molar-refractivity contribution in [1.82, 2.24) is 4.90 Å². The van der Waals surface area contributed by atoms with Crippen molar-refractivity contribution in [3.63, 3.8) is 0 Å². The summed E-state index contributed by atoms with van der Waals surface area (Å²) in [6.07, 6.45) is 2.17. The minimum atomic E-state index is -3.67. The van der Waals surface area contributed by atoms with Gasteiger partial charge in [-0.15, -0.1) is 0 Å². The van der Waals surface area contributed by atoms with Crippen LogP contribution >= 0.6 is 0 Å². The second kappa shape index (κ2) is 8.68. The van der Waals surface area contributed by atoms with E-state index in [2.05, 4.69) is 0 Å². The second-order valence-corrected chi connectivity index (χ2v) is 10.1. The lowest BCUT2D eigenvalue weighted by molar-refractivity contribution is -0.131. The number of carbonyl (C=O) groups is 1. The molecule has 1 unspecified atom stereocenters. The maximum atomic E-state index is 13.1. The van der Waals surface area contributed by atoms with Gasteiger partial charge in [0.15, 0.2) is 21.3 Å². The average Bonchev–Trinajstić information content (AvgIpc) is 3.57. The Labute approximate surface area is 177 Å². The summed E-state index contributed by atoms with van der Waals surface area (Å²) in [6.45, 7) is 3.26. The van der Waals surface area contributed by atoms with Gasteiger partial charge in [-0.2, -0.15) is 0 Å². The molecule has 1 heterocycles. The van der Waals surface area contributed by atoms with Gasteiger partial charge in [-0.05, 0) is 37.3 Å². The van der Waals surface area contributed by atoms with Crippen LogP contribution in [-0.2, 0) is 26.9 Å². The molecule has 1 aliphatic carbocycles. The summed E-state index contributed by atoms with van der Waals surface area (Å²) in [5.41, 5.74) is 1.53. The van der Waals surface area contributed by atoms with E-state index in [1.165, 1.54) is 0 Å². The van der Waals surface area contributed by atoms with Gasteiger partial charge in [0.05, 0.1) is 5.75 Å². The molecule has 160 valence electrons. The number of para-hydroxylation sites is 1. The largest absolute Gasteiger partial charge is 0.486 e. The first-order valence-electron chi connectivity index (χ1n) is 10.3. The van der Waals surface area contributed by atoms with Gasteiger partial charge in [-0.1, -0.05) is 42.5 Å². The molecule has 4 rings (SSSR count). The van der Waals surface area contributed by atoms with E-state index in [9.17, 15) is 13.2 Å². The zero-order valence-electron chi connectivity index (χ0n) is 17.1. The van der Waals surface area contributed by atoms with Crippen LogP contribution in [0, 0.1) is 5.92 Å². The molecule has 0 spiro atoms. The van der Waals surface area contributed by atoms with E-state index in [0.29, 0.717) is 42.7 Å². The highest BCUT2D eigenvalue weighted by atomic mass is 32.2. The predicted octanol–water partition coefficient (Wildman–Crippen LogP) is 3.20. The molecule has 2 aromatic carbocycles. The molecule has 1 aliphatic heterocycles. The average molecular weight is 430 g/mol. The monoisotopic (exact) mass is 429 g/mol. The Morgan fingerprint density at radius 1 is 1.07 bits per heavy atom. The predicted molar refractivity (Wildman–Crippen MR) is 114 cm³/mol. The fourth-order valence-electron chi connectivity index (χ4n) is 3.88. The molecular weight excluding hydrogens is 402 g/mol. The molecular formula is C23H27NO5S. The number of hydrogen-bond donors (Lipinski definition) is 0. The molecule has 0 N–H and O–H groups in total. The smallest absolute Gasteiger partial charge is 0.238 e. The van der Waals surface area contributed by atoms with Crippen LogP contribution in [0.4, 0.5) is 0 Å². The number of benzene rings is 2. The molecule has 0 radical (unpaired) electrons. The zero-order valence-corrected chi connectivity index (χ0v) is 17.9. The summed E-state index contributed by atoms with van der Waals surface area (Å²) in [7, 11) is -3.67. The molecule has 2 aliphatic rings. The summed E-state index contributed by atoms with van der Waals surface area (Å²) < 4.78 is 37.0. The first-order valence-corrected chi connectivity index (χ1v) is 12.2. The number of sulfone groups is 1. The van der Waals surface area contributed by atoms with E-state index in [4.69, 9.17) is 9.47 Å². The van der Waals surface area contributed by atoms with E-state index in [1.807, 2.05) is 37.3 Å². The van der Waals surface area contributed by atoms with Crippen molar-refractivity contribution in [3.05, 3.63) is 59.7 Å². The van der Waals surface area contributed by atoms with Gasteiger partial charge in [0.1, 0.15) is 19.0 Å². The van der Waals surface area contributed by atoms with Crippen molar-refractivity contribution < 1.29 is 22.7 Å². The third-order valence-electron chi connectivity index (χ3n) is 5.68. The van der Waals surface area contributed by atoms with Gasteiger partial charge >= 0.3 is 0 Å². The summed E-state index contributed by atoms with van der Waals surface area (Å²) >= 11 is 0. The van der Waals surface area contributed by atoms with Crippen LogP contribution in [-0.4, -0.2) is 44.2 Å².